The van der Waals surface area contributed by atoms with Gasteiger partial charge in [-0.2, -0.15) is 0 Å². The van der Waals surface area contributed by atoms with Crippen LogP contribution >= 0.6 is 11.8 Å². The van der Waals surface area contributed by atoms with Crippen molar-refractivity contribution in [3.63, 3.8) is 0 Å². The molecular formula is C15H22N8O4S. The van der Waals surface area contributed by atoms with Gasteiger partial charge in [-0.05, 0) is 0 Å². The monoisotopic (exact) mass is 410 g/mol. The molecule has 3 heterocycles. The lowest BCUT2D eigenvalue weighted by Gasteiger charge is -2.49. The number of amides is 3. The molecule has 1 fully saturated rings. The van der Waals surface area contributed by atoms with E-state index in [1.54, 1.807) is 22.6 Å². The highest BCUT2D eigenvalue weighted by molar-refractivity contribution is 8.00. The molecule has 0 aromatic carbocycles. The van der Waals surface area contributed by atoms with E-state index in [0.717, 1.165) is 0 Å². The first-order valence-corrected chi connectivity index (χ1v) is 9.54. The first-order valence-electron chi connectivity index (χ1n) is 8.49. The van der Waals surface area contributed by atoms with Gasteiger partial charge in [0.2, 0.25) is 12.1 Å². The number of β-lactam (4-membered cyclic amide) rings is 1. The number of carbonyl (C=O) groups is 3. The molecule has 2 atom stereocenters. The van der Waals surface area contributed by atoms with Crippen molar-refractivity contribution in [2.24, 2.45) is 18.5 Å². The SMILES string of the molecule is Cn1c(N)c(NC(=O)NCCN)c[n+]1CC1=C(C(=O)[O-])N2C(=O)[C@@H](N)[C@H]2SC1. The second-order valence-corrected chi connectivity index (χ2v) is 7.50. The van der Waals surface area contributed by atoms with Gasteiger partial charge in [0, 0.05) is 24.4 Å². The van der Waals surface area contributed by atoms with Gasteiger partial charge in [-0.15, -0.1) is 21.1 Å². The van der Waals surface area contributed by atoms with E-state index in [-0.39, 0.29) is 18.1 Å². The van der Waals surface area contributed by atoms with Gasteiger partial charge in [-0.25, -0.2) is 4.79 Å². The maximum absolute atomic E-state index is 12.0. The van der Waals surface area contributed by atoms with Gasteiger partial charge < -0.3 is 32.4 Å². The molecule has 0 bridgehead atoms. The lowest BCUT2D eigenvalue weighted by atomic mass is 10.0. The number of nitrogens with one attached hydrogen (secondary N) is 2. The Morgan fingerprint density at radius 2 is 2.18 bits per heavy atom. The molecule has 0 unspecified atom stereocenters. The predicted molar refractivity (Wildman–Crippen MR) is 99.2 cm³/mol. The number of anilines is 2. The van der Waals surface area contributed by atoms with Gasteiger partial charge in [-0.1, -0.05) is 0 Å². The van der Waals surface area contributed by atoms with E-state index in [9.17, 15) is 19.5 Å². The number of hydrogen-bond acceptors (Lipinski definition) is 8. The largest absolute Gasteiger partial charge is 0.543 e. The summed E-state index contributed by atoms with van der Waals surface area (Å²) in [6.07, 6.45) is 1.58. The molecule has 152 valence electrons. The van der Waals surface area contributed by atoms with Crippen molar-refractivity contribution < 1.29 is 24.2 Å². The molecule has 13 heteroatoms. The highest BCUT2D eigenvalue weighted by atomic mass is 32.2. The summed E-state index contributed by atoms with van der Waals surface area (Å²) in [7, 11) is 1.67. The molecule has 12 nitrogen and oxygen atoms in total. The maximum atomic E-state index is 12.0. The summed E-state index contributed by atoms with van der Waals surface area (Å²) in [6, 6.07) is -1.16. The third-order valence-electron chi connectivity index (χ3n) is 4.60. The molecule has 1 aromatic heterocycles. The van der Waals surface area contributed by atoms with Gasteiger partial charge in [0.1, 0.15) is 11.4 Å². The standard InChI is InChI=1S/C15H22N8O4S/c1-21-11(18)8(20-15(27)19-3-2-16)5-22(21)4-7-6-28-13-9(17)12(24)23(13)10(7)14(25)26/h5,9,13,18H,2-4,6,16-17H2,1H3,(H3,19,20,25,26,27)/t9-,13-/m1/s1. The summed E-state index contributed by atoms with van der Waals surface area (Å²) in [5.74, 6) is -1.21. The molecule has 3 rings (SSSR count). The van der Waals surface area contributed by atoms with Crippen molar-refractivity contribution in [3.05, 3.63) is 17.5 Å². The van der Waals surface area contributed by atoms with Crippen LogP contribution in [-0.4, -0.2) is 57.7 Å². The number of hydrogen-bond donors (Lipinski definition) is 5. The van der Waals surface area contributed by atoms with Crippen molar-refractivity contribution in [2.45, 2.75) is 18.0 Å². The van der Waals surface area contributed by atoms with E-state index in [4.69, 9.17) is 17.2 Å². The van der Waals surface area contributed by atoms with Crippen LogP contribution in [0.15, 0.2) is 17.5 Å². The molecule has 2 aliphatic rings. The molecule has 1 aromatic rings. The molecular weight excluding hydrogens is 388 g/mol. The zero-order chi connectivity index (χ0) is 20.6. The Morgan fingerprint density at radius 1 is 1.46 bits per heavy atom. The van der Waals surface area contributed by atoms with Crippen molar-refractivity contribution in [2.75, 3.05) is 29.9 Å². The van der Waals surface area contributed by atoms with Crippen molar-refractivity contribution >= 4 is 41.2 Å². The second-order valence-electron chi connectivity index (χ2n) is 6.39. The molecule has 1 saturated heterocycles. The molecule has 3 amide bonds. The molecule has 8 N–H and O–H groups in total. The van der Waals surface area contributed by atoms with Crippen LogP contribution < -0.4 is 37.6 Å². The van der Waals surface area contributed by atoms with Crippen LogP contribution in [0, 0.1) is 0 Å². The van der Waals surface area contributed by atoms with Crippen molar-refractivity contribution in [1.29, 1.82) is 0 Å². The number of nitrogens with zero attached hydrogens (tertiary/aromatic N) is 3. The van der Waals surface area contributed by atoms with Gasteiger partial charge >= 0.3 is 6.03 Å². The summed E-state index contributed by atoms with van der Waals surface area (Å²) < 4.78 is 3.20. The fourth-order valence-electron chi connectivity index (χ4n) is 3.10. The van der Waals surface area contributed by atoms with E-state index in [1.165, 1.54) is 16.7 Å². The average Bonchev–Trinajstić information content (AvgIpc) is 2.92. The Labute approximate surface area is 164 Å². The molecule has 0 aliphatic carbocycles. The number of aliphatic carboxylic acids is 1. The van der Waals surface area contributed by atoms with Gasteiger partial charge in [-0.3, -0.25) is 15.0 Å². The number of carbonyl (C=O) groups excluding carboxylic acids is 3. The normalized spacial score (nSPS) is 21.2. The van der Waals surface area contributed by atoms with Crippen molar-refractivity contribution in [1.82, 2.24) is 14.9 Å². The Bertz CT molecular complexity index is 866. The average molecular weight is 410 g/mol. The number of nitrogens with two attached hydrogens (primary N) is 3. The van der Waals surface area contributed by atoms with Crippen LogP contribution in [0.25, 0.3) is 0 Å². The second kappa shape index (κ2) is 7.69. The molecule has 2 aliphatic heterocycles. The molecule has 0 spiro atoms. The minimum Gasteiger partial charge on any atom is -0.543 e. The van der Waals surface area contributed by atoms with E-state index in [2.05, 4.69) is 10.6 Å². The number of thioether (sulfide) groups is 1. The Morgan fingerprint density at radius 3 is 2.82 bits per heavy atom. The number of urea groups is 1. The molecule has 28 heavy (non-hydrogen) atoms. The quantitative estimate of drug-likeness (QED) is 0.233. The summed E-state index contributed by atoms with van der Waals surface area (Å²) in [4.78, 5) is 36.7. The number of carboxylic acids is 1. The van der Waals surface area contributed by atoms with Gasteiger partial charge in [0.05, 0.1) is 18.7 Å². The van der Waals surface area contributed by atoms with E-state index >= 15 is 0 Å². The smallest absolute Gasteiger partial charge is 0.319 e. The lowest BCUT2D eigenvalue weighted by Crippen LogP contribution is -2.69. The maximum Gasteiger partial charge on any atom is 0.319 e. The lowest BCUT2D eigenvalue weighted by molar-refractivity contribution is -0.765. The number of aromatic nitrogens is 2. The Kier molecular flexibility index (Phi) is 5.49. The first-order chi connectivity index (χ1) is 13.3. The number of fused-ring (bicyclic) bond motifs is 1. The van der Waals surface area contributed by atoms with Gasteiger partial charge in [0.25, 0.3) is 0 Å². The number of rotatable bonds is 6. The third-order valence-corrected chi connectivity index (χ3v) is 5.96. The summed E-state index contributed by atoms with van der Waals surface area (Å²) >= 11 is 1.40. The van der Waals surface area contributed by atoms with Crippen LogP contribution in [0.1, 0.15) is 0 Å². The first kappa shape index (κ1) is 20.0. The zero-order valence-electron chi connectivity index (χ0n) is 15.2. The van der Waals surface area contributed by atoms with E-state index in [1.807, 2.05) is 0 Å². The predicted octanol–water partition coefficient (Wildman–Crippen LogP) is -3.78. The highest BCUT2D eigenvalue weighted by Gasteiger charge is 2.50. The topological polar surface area (TPSA) is 188 Å². The van der Waals surface area contributed by atoms with Crippen LogP contribution in [0.3, 0.4) is 0 Å². The number of carboxylic acid groups (broad SMARTS) is 1. The van der Waals surface area contributed by atoms with E-state index < -0.39 is 29.3 Å². The summed E-state index contributed by atoms with van der Waals surface area (Å²) in [5.41, 5.74) is 17.8. The fraction of sp³-hybridized carbons (Fsp3) is 0.467. The van der Waals surface area contributed by atoms with Crippen LogP contribution in [0.2, 0.25) is 0 Å². The molecule has 0 radical (unpaired) electrons. The summed E-state index contributed by atoms with van der Waals surface area (Å²) in [6.45, 7) is 0.759. The number of nitrogen functional groups attached to an aromatic ring is 1. The van der Waals surface area contributed by atoms with Crippen molar-refractivity contribution in [3.8, 4) is 0 Å². The Balaban J connectivity index is 1.84. The van der Waals surface area contributed by atoms with Gasteiger partial charge in [0.15, 0.2) is 18.1 Å². The molecule has 0 saturated carbocycles. The van der Waals surface area contributed by atoms with E-state index in [0.29, 0.717) is 30.1 Å². The minimum atomic E-state index is -1.43. The van der Waals surface area contributed by atoms with Crippen LogP contribution in [-0.2, 0) is 23.2 Å². The third kappa shape index (κ3) is 3.39. The van der Waals surface area contributed by atoms with Crippen LogP contribution in [0.4, 0.5) is 16.3 Å². The minimum absolute atomic E-state index is 0.148. The fourth-order valence-corrected chi connectivity index (χ4v) is 4.38. The summed E-state index contributed by atoms with van der Waals surface area (Å²) in [5, 5.41) is 16.5. The van der Waals surface area contributed by atoms with Crippen LogP contribution in [0.5, 0.6) is 0 Å². The highest BCUT2D eigenvalue weighted by Crippen LogP contribution is 2.39. The Hall–Kier alpha value is -2.77. The zero-order valence-corrected chi connectivity index (χ0v) is 16.0.